The molecule has 0 aromatic rings. The molecule has 0 heterocycles. The first-order chi connectivity index (χ1) is 6.81. The van der Waals surface area contributed by atoms with Gasteiger partial charge in [-0.1, -0.05) is 32.6 Å². The molecule has 0 spiro atoms. The summed E-state index contributed by atoms with van der Waals surface area (Å²) in [7, 11) is 1.40. The van der Waals surface area contributed by atoms with Crippen LogP contribution >= 0.6 is 0 Å². The lowest BCUT2D eigenvalue weighted by atomic mass is 10.2. The van der Waals surface area contributed by atoms with E-state index < -0.39 is 0 Å². The summed E-state index contributed by atoms with van der Waals surface area (Å²) in [6, 6.07) is 0. The monoisotopic (exact) mass is 202 g/mol. The number of hydrogen-bond donors (Lipinski definition) is 0. The molecule has 0 bridgehead atoms. The van der Waals surface area contributed by atoms with Gasteiger partial charge in [-0.15, -0.1) is 0 Å². The molecule has 0 aliphatic rings. The molecule has 0 aliphatic heterocycles. The Morgan fingerprint density at radius 3 is 2.43 bits per heavy atom. The summed E-state index contributed by atoms with van der Waals surface area (Å²) in [5, 5.41) is 0. The van der Waals surface area contributed by atoms with Gasteiger partial charge >= 0.3 is 5.97 Å². The fourth-order valence-corrected chi connectivity index (χ4v) is 1.17. The first kappa shape index (κ1) is 13.4. The largest absolute Gasteiger partial charge is 0.469 e. The van der Waals surface area contributed by atoms with Crippen LogP contribution in [0, 0.1) is 0 Å². The van der Waals surface area contributed by atoms with Crippen molar-refractivity contribution in [2.24, 2.45) is 0 Å². The normalized spacial score (nSPS) is 10.1. The molecule has 0 atom stereocenters. The topological polar surface area (TPSA) is 35.5 Å². The Morgan fingerprint density at radius 1 is 1.07 bits per heavy atom. The van der Waals surface area contributed by atoms with Crippen LogP contribution in [0.4, 0.5) is 0 Å². The smallest absolute Gasteiger partial charge is 0.307 e. The first-order valence-corrected chi connectivity index (χ1v) is 5.45. The number of ether oxygens (including phenoxy) is 2. The summed E-state index contributed by atoms with van der Waals surface area (Å²) in [5.41, 5.74) is 0. The van der Waals surface area contributed by atoms with Gasteiger partial charge < -0.3 is 9.47 Å². The second-order valence-electron chi connectivity index (χ2n) is 3.35. The lowest BCUT2D eigenvalue weighted by Crippen LogP contribution is -2.06. The zero-order valence-electron chi connectivity index (χ0n) is 9.38. The molecule has 0 aromatic carbocycles. The highest BCUT2D eigenvalue weighted by molar-refractivity contribution is 5.69. The molecule has 0 N–H and O–H groups in total. The summed E-state index contributed by atoms with van der Waals surface area (Å²) in [6.45, 7) is 3.45. The summed E-state index contributed by atoms with van der Waals surface area (Å²) >= 11 is 0. The minimum Gasteiger partial charge on any atom is -0.469 e. The van der Waals surface area contributed by atoms with Crippen molar-refractivity contribution in [1.82, 2.24) is 0 Å². The standard InChI is InChI=1S/C11H22O3/c1-3-4-5-6-7-9-14-10-8-11(12)13-2/h3-10H2,1-2H3. The van der Waals surface area contributed by atoms with Gasteiger partial charge in [-0.05, 0) is 6.42 Å². The van der Waals surface area contributed by atoms with E-state index >= 15 is 0 Å². The molecular formula is C11H22O3. The highest BCUT2D eigenvalue weighted by atomic mass is 16.5. The fraction of sp³-hybridized carbons (Fsp3) is 0.909. The van der Waals surface area contributed by atoms with Crippen molar-refractivity contribution in [3.05, 3.63) is 0 Å². The van der Waals surface area contributed by atoms with Crippen LogP contribution in [0.5, 0.6) is 0 Å². The molecular weight excluding hydrogens is 180 g/mol. The van der Waals surface area contributed by atoms with Crippen LogP contribution < -0.4 is 0 Å². The molecule has 0 aliphatic carbocycles. The van der Waals surface area contributed by atoms with Crippen LogP contribution in [0.3, 0.4) is 0 Å². The Labute approximate surface area is 86.8 Å². The lowest BCUT2D eigenvalue weighted by molar-refractivity contribution is -0.141. The molecule has 14 heavy (non-hydrogen) atoms. The van der Waals surface area contributed by atoms with Crippen molar-refractivity contribution in [3.8, 4) is 0 Å². The quantitative estimate of drug-likeness (QED) is 0.426. The van der Waals surface area contributed by atoms with Crippen LogP contribution in [0.25, 0.3) is 0 Å². The van der Waals surface area contributed by atoms with Gasteiger partial charge in [-0.25, -0.2) is 0 Å². The Kier molecular flexibility index (Phi) is 10.1. The van der Waals surface area contributed by atoms with E-state index in [-0.39, 0.29) is 5.97 Å². The fourth-order valence-electron chi connectivity index (χ4n) is 1.17. The van der Waals surface area contributed by atoms with Gasteiger partial charge in [0.1, 0.15) is 0 Å². The number of carbonyl (C=O) groups excluding carboxylic acids is 1. The first-order valence-electron chi connectivity index (χ1n) is 5.45. The lowest BCUT2D eigenvalue weighted by Gasteiger charge is -2.03. The zero-order valence-corrected chi connectivity index (χ0v) is 9.38. The van der Waals surface area contributed by atoms with E-state index in [0.717, 1.165) is 13.0 Å². The van der Waals surface area contributed by atoms with E-state index in [1.165, 1.54) is 32.8 Å². The minimum absolute atomic E-state index is 0.198. The van der Waals surface area contributed by atoms with Gasteiger partial charge in [0.25, 0.3) is 0 Å². The van der Waals surface area contributed by atoms with Gasteiger partial charge in [-0.2, -0.15) is 0 Å². The molecule has 0 radical (unpaired) electrons. The third-order valence-electron chi connectivity index (χ3n) is 2.07. The molecule has 84 valence electrons. The Balaban J connectivity index is 2.95. The Morgan fingerprint density at radius 2 is 1.79 bits per heavy atom. The van der Waals surface area contributed by atoms with Crippen molar-refractivity contribution in [1.29, 1.82) is 0 Å². The molecule has 0 fully saturated rings. The third-order valence-corrected chi connectivity index (χ3v) is 2.07. The number of methoxy groups -OCH3 is 1. The molecule has 0 amide bonds. The van der Waals surface area contributed by atoms with Gasteiger partial charge in [0.15, 0.2) is 0 Å². The zero-order chi connectivity index (χ0) is 10.6. The summed E-state index contributed by atoms with van der Waals surface area (Å²) < 4.78 is 9.78. The third kappa shape index (κ3) is 9.52. The van der Waals surface area contributed by atoms with E-state index in [2.05, 4.69) is 11.7 Å². The average Bonchev–Trinajstić information content (AvgIpc) is 2.21. The van der Waals surface area contributed by atoms with E-state index in [1.807, 2.05) is 0 Å². The number of esters is 1. The molecule has 0 unspecified atom stereocenters. The van der Waals surface area contributed by atoms with Crippen molar-refractivity contribution >= 4 is 5.97 Å². The van der Waals surface area contributed by atoms with Crippen molar-refractivity contribution in [3.63, 3.8) is 0 Å². The SMILES string of the molecule is CCCCCCCOCCC(=O)OC. The number of unbranched alkanes of at least 4 members (excludes halogenated alkanes) is 4. The minimum atomic E-state index is -0.198. The summed E-state index contributed by atoms with van der Waals surface area (Å²) in [5.74, 6) is -0.198. The van der Waals surface area contributed by atoms with Gasteiger partial charge in [0.2, 0.25) is 0 Å². The van der Waals surface area contributed by atoms with Crippen LogP contribution in [-0.2, 0) is 14.3 Å². The van der Waals surface area contributed by atoms with Gasteiger partial charge in [0.05, 0.1) is 20.1 Å². The highest BCUT2D eigenvalue weighted by Gasteiger charge is 1.98. The number of hydrogen-bond acceptors (Lipinski definition) is 3. The average molecular weight is 202 g/mol. The molecule has 0 saturated carbocycles. The van der Waals surface area contributed by atoms with Gasteiger partial charge in [-0.3, -0.25) is 4.79 Å². The van der Waals surface area contributed by atoms with Crippen LogP contribution in [0.2, 0.25) is 0 Å². The second kappa shape index (κ2) is 10.5. The maximum Gasteiger partial charge on any atom is 0.307 e. The predicted molar refractivity (Wildman–Crippen MR) is 56.2 cm³/mol. The van der Waals surface area contributed by atoms with E-state index in [1.54, 1.807) is 0 Å². The molecule has 0 rings (SSSR count). The van der Waals surface area contributed by atoms with Gasteiger partial charge in [0, 0.05) is 6.61 Å². The summed E-state index contributed by atoms with van der Waals surface area (Å²) in [6.07, 6.45) is 6.56. The maximum absolute atomic E-state index is 10.7. The Bertz CT molecular complexity index is 134. The van der Waals surface area contributed by atoms with E-state index in [9.17, 15) is 4.79 Å². The van der Waals surface area contributed by atoms with E-state index in [0.29, 0.717) is 13.0 Å². The second-order valence-corrected chi connectivity index (χ2v) is 3.35. The molecule has 0 aromatic heterocycles. The highest BCUT2D eigenvalue weighted by Crippen LogP contribution is 2.02. The summed E-state index contributed by atoms with van der Waals surface area (Å²) in [4.78, 5) is 10.7. The number of carbonyl (C=O) groups is 1. The van der Waals surface area contributed by atoms with Crippen LogP contribution in [0.1, 0.15) is 45.4 Å². The van der Waals surface area contributed by atoms with Crippen LogP contribution in [-0.4, -0.2) is 26.3 Å². The number of rotatable bonds is 9. The molecule has 3 heteroatoms. The molecule has 3 nitrogen and oxygen atoms in total. The van der Waals surface area contributed by atoms with Crippen molar-refractivity contribution in [2.45, 2.75) is 45.4 Å². The van der Waals surface area contributed by atoms with E-state index in [4.69, 9.17) is 4.74 Å². The van der Waals surface area contributed by atoms with Crippen LogP contribution in [0.15, 0.2) is 0 Å². The van der Waals surface area contributed by atoms with Crippen molar-refractivity contribution < 1.29 is 14.3 Å². The molecule has 0 saturated heterocycles. The Hall–Kier alpha value is -0.570. The predicted octanol–water partition coefficient (Wildman–Crippen LogP) is 2.54. The maximum atomic E-state index is 10.7. The van der Waals surface area contributed by atoms with Crippen molar-refractivity contribution in [2.75, 3.05) is 20.3 Å².